The number of nitrogens with one attached hydrogen (secondary N) is 1. The van der Waals surface area contributed by atoms with Crippen LogP contribution >= 0.6 is 11.3 Å². The van der Waals surface area contributed by atoms with Crippen molar-refractivity contribution in [3.63, 3.8) is 0 Å². The summed E-state index contributed by atoms with van der Waals surface area (Å²) in [5, 5.41) is 4.83. The van der Waals surface area contributed by atoms with E-state index in [9.17, 15) is 0 Å². The molecular weight excluding hydrogens is 865 g/mol. The Morgan fingerprint density at radius 2 is 1.71 bits per heavy atom. The maximum absolute atomic E-state index is 3.45. The zero-order valence-corrected chi connectivity index (χ0v) is 30.0. The quantitative estimate of drug-likeness (QED) is 0.113. The number of aromatic nitrogens is 2. The van der Waals surface area contributed by atoms with Gasteiger partial charge in [0.2, 0.25) is 5.52 Å². The molecule has 0 amide bonds. The Hall–Kier alpha value is -1.86. The van der Waals surface area contributed by atoms with Crippen LogP contribution in [0.25, 0.3) is 21.4 Å². The van der Waals surface area contributed by atoms with E-state index in [1.165, 1.54) is 37.6 Å². The first-order valence-corrected chi connectivity index (χ1v) is 14.3. The van der Waals surface area contributed by atoms with Gasteiger partial charge >= 0.3 is 0 Å². The van der Waals surface area contributed by atoms with Gasteiger partial charge in [-0.25, -0.2) is 4.57 Å². The monoisotopic (exact) mass is 898 g/mol. The number of allylic oxidation sites excluding steroid dienone is 5. The van der Waals surface area contributed by atoms with Crippen molar-refractivity contribution in [1.82, 2.24) is 4.90 Å². The molecule has 0 saturated carbocycles. The van der Waals surface area contributed by atoms with Crippen LogP contribution in [0.15, 0.2) is 110 Å². The fourth-order valence-electron chi connectivity index (χ4n) is 5.32. The van der Waals surface area contributed by atoms with Crippen molar-refractivity contribution in [2.75, 3.05) is 18.4 Å². The molecule has 2 aromatic heterocycles. The fraction of sp³-hybridized carbons (Fsp3) is 0.212. The van der Waals surface area contributed by atoms with E-state index in [1.807, 2.05) is 17.4 Å². The molecule has 0 saturated heterocycles. The van der Waals surface area contributed by atoms with E-state index < -0.39 is 0 Å². The zero-order valence-electron chi connectivity index (χ0n) is 22.7. The summed E-state index contributed by atoms with van der Waals surface area (Å²) in [5.74, 6) is 0. The number of rotatable bonds is 9. The molecule has 6 rings (SSSR count). The van der Waals surface area contributed by atoms with Crippen LogP contribution in [0.4, 0.5) is 5.69 Å². The summed E-state index contributed by atoms with van der Waals surface area (Å²) in [6.07, 6.45) is 21.4. The van der Waals surface area contributed by atoms with Gasteiger partial charge in [-0.3, -0.25) is 0 Å². The third-order valence-electron chi connectivity index (χ3n) is 7.16. The van der Waals surface area contributed by atoms with Gasteiger partial charge in [-0.1, -0.05) is 47.7 Å². The first kappa shape index (κ1) is 33.6. The molecule has 0 fully saturated rings. The standard InChI is InChI=1S/C33H32N4S.3HI/c1-7-20-35(21-8-1)24-11-14-29(27-18-19-34-30-15-4-3-13-28(27)30)33-37(31-16-5-6-17-32(31)38-33)26-12-25-36-22-9-2-10-23-36;;;/h1-7,9-10,13,15-19,21-23H,11-12,14,20,24-26H2;3*1H/q+2;;;/p-2. The average molecular weight is 898 g/mol. The highest BCUT2D eigenvalue weighted by atomic mass is 127. The van der Waals surface area contributed by atoms with Crippen molar-refractivity contribution < 1.29 is 81.1 Å². The Kier molecular flexibility index (Phi) is 13.7. The molecule has 4 aromatic rings. The van der Waals surface area contributed by atoms with E-state index in [0.29, 0.717) is 0 Å². The molecular formula is C33H33I3N4S. The van der Waals surface area contributed by atoms with Gasteiger partial charge in [0, 0.05) is 47.8 Å². The van der Waals surface area contributed by atoms with Gasteiger partial charge in [-0.15, -0.1) is 0 Å². The van der Waals surface area contributed by atoms with Crippen molar-refractivity contribution in [2.45, 2.75) is 32.4 Å². The molecule has 0 radical (unpaired) electrons. The van der Waals surface area contributed by atoms with Crippen LogP contribution in [-0.2, 0) is 13.1 Å². The van der Waals surface area contributed by atoms with Crippen molar-refractivity contribution in [3.8, 4) is 0 Å². The molecule has 41 heavy (non-hydrogen) atoms. The lowest BCUT2D eigenvalue weighted by Crippen LogP contribution is -3.00. The summed E-state index contributed by atoms with van der Waals surface area (Å²) in [4.78, 5) is 2.35. The lowest BCUT2D eigenvalue weighted by molar-refractivity contribution is -0.716. The molecule has 2 aliphatic heterocycles. The molecule has 4 heterocycles. The number of fused-ring (bicyclic) bond motifs is 2. The summed E-state index contributed by atoms with van der Waals surface area (Å²) in [6, 6.07) is 23.8. The number of nitrogens with zero attached hydrogens (tertiary/aromatic N) is 3. The minimum atomic E-state index is 0. The number of anilines is 1. The lowest BCUT2D eigenvalue weighted by Gasteiger charge is -2.19. The average Bonchev–Trinajstić information content (AvgIpc) is 3.34. The molecule has 1 N–H and O–H groups in total. The number of pyridine rings is 1. The van der Waals surface area contributed by atoms with Crippen molar-refractivity contribution >= 4 is 38.4 Å². The maximum Gasteiger partial charge on any atom is 0.266 e. The van der Waals surface area contributed by atoms with Gasteiger partial charge < -0.3 is 82.1 Å². The van der Waals surface area contributed by atoms with Crippen molar-refractivity contribution in [3.05, 3.63) is 126 Å². The van der Waals surface area contributed by atoms with Crippen LogP contribution in [0.1, 0.15) is 29.8 Å². The van der Waals surface area contributed by atoms with Gasteiger partial charge in [0.15, 0.2) is 31.6 Å². The van der Waals surface area contributed by atoms with Crippen LogP contribution in [0, 0.1) is 6.08 Å². The molecule has 0 atom stereocenters. The topological polar surface area (TPSA) is 23.0 Å². The third-order valence-corrected chi connectivity index (χ3v) is 8.38. The second-order valence-corrected chi connectivity index (χ2v) is 10.7. The van der Waals surface area contributed by atoms with Crippen LogP contribution in [0.2, 0.25) is 0 Å². The Morgan fingerprint density at radius 3 is 2.54 bits per heavy atom. The minimum Gasteiger partial charge on any atom is -1.00 e. The first-order valence-electron chi connectivity index (χ1n) is 13.5. The van der Waals surface area contributed by atoms with E-state index in [0.717, 1.165) is 45.4 Å². The van der Waals surface area contributed by atoms with E-state index in [2.05, 4.69) is 129 Å². The molecule has 0 spiro atoms. The SMILES string of the molecule is [C+]1=CN(CCCC(=C2C=CNc3ccccc32)c2sc3ccccc3[n+]2CCC[n+]2ccccc2)CC=C1.[I-].[I-].[I-]. The van der Waals surface area contributed by atoms with Crippen LogP contribution in [-0.4, -0.2) is 18.0 Å². The van der Waals surface area contributed by atoms with Crippen LogP contribution in [0.3, 0.4) is 0 Å². The largest absolute Gasteiger partial charge is 1.00 e. The van der Waals surface area contributed by atoms with Gasteiger partial charge in [0.1, 0.15) is 23.5 Å². The van der Waals surface area contributed by atoms with E-state index in [1.54, 1.807) is 0 Å². The number of hydrogen-bond donors (Lipinski definition) is 1. The molecule has 0 unspecified atom stereocenters. The maximum atomic E-state index is 3.45. The highest BCUT2D eigenvalue weighted by Gasteiger charge is 2.27. The predicted molar refractivity (Wildman–Crippen MR) is 157 cm³/mol. The fourth-order valence-corrected chi connectivity index (χ4v) is 6.59. The van der Waals surface area contributed by atoms with E-state index >= 15 is 0 Å². The molecule has 2 aliphatic rings. The lowest BCUT2D eigenvalue weighted by atomic mass is 9.93. The summed E-state index contributed by atoms with van der Waals surface area (Å²) in [6.45, 7) is 3.97. The van der Waals surface area contributed by atoms with Gasteiger partial charge in [-0.2, -0.15) is 4.57 Å². The van der Waals surface area contributed by atoms with Crippen LogP contribution in [0.5, 0.6) is 0 Å². The Labute approximate surface area is 298 Å². The molecule has 8 heteroatoms. The molecule has 0 aliphatic carbocycles. The minimum absolute atomic E-state index is 0. The van der Waals surface area contributed by atoms with Gasteiger partial charge in [-0.05, 0) is 36.6 Å². The normalized spacial score (nSPS) is 14.2. The van der Waals surface area contributed by atoms with Crippen molar-refractivity contribution in [1.29, 1.82) is 0 Å². The highest BCUT2D eigenvalue weighted by Crippen LogP contribution is 2.38. The summed E-state index contributed by atoms with van der Waals surface area (Å²) in [7, 11) is 0. The second kappa shape index (κ2) is 16.7. The van der Waals surface area contributed by atoms with Crippen LogP contribution < -0.4 is 86.4 Å². The molecule has 0 bridgehead atoms. The second-order valence-electron chi connectivity index (χ2n) is 9.71. The summed E-state index contributed by atoms with van der Waals surface area (Å²) in [5.41, 5.74) is 6.55. The number of halogens is 3. The summed E-state index contributed by atoms with van der Waals surface area (Å²) < 4.78 is 6.19. The van der Waals surface area contributed by atoms with Gasteiger partial charge in [0.25, 0.3) is 5.01 Å². The first-order chi connectivity index (χ1) is 18.9. The number of thiazole rings is 1. The molecule has 4 nitrogen and oxygen atoms in total. The molecule has 212 valence electrons. The van der Waals surface area contributed by atoms with Crippen molar-refractivity contribution in [2.24, 2.45) is 0 Å². The Balaban J connectivity index is 0.00000154. The predicted octanol–water partition coefficient (Wildman–Crippen LogP) is -2.60. The third kappa shape index (κ3) is 8.16. The van der Waals surface area contributed by atoms with E-state index in [4.69, 9.17) is 0 Å². The number of hydrogen-bond acceptors (Lipinski definition) is 3. The number of benzene rings is 2. The number of aryl methyl sites for hydroxylation is 2. The Morgan fingerprint density at radius 1 is 0.902 bits per heavy atom. The van der Waals surface area contributed by atoms with Gasteiger partial charge in [0.05, 0.1) is 12.5 Å². The zero-order chi connectivity index (χ0) is 25.6. The van der Waals surface area contributed by atoms with E-state index in [-0.39, 0.29) is 71.9 Å². The Bertz CT molecular complexity index is 1540. The summed E-state index contributed by atoms with van der Waals surface area (Å²) >= 11 is 1.93. The number of para-hydroxylation sites is 2. The smallest absolute Gasteiger partial charge is 0.266 e. The highest BCUT2D eigenvalue weighted by molar-refractivity contribution is 7.19. The molecule has 2 aromatic carbocycles.